The van der Waals surface area contributed by atoms with Crippen LogP contribution in [0.15, 0.2) is 48.5 Å². The summed E-state index contributed by atoms with van der Waals surface area (Å²) in [5, 5.41) is 0. The molecule has 0 N–H and O–H groups in total. The number of hydrogen-bond donors (Lipinski definition) is 0. The van der Waals surface area contributed by atoms with Gasteiger partial charge < -0.3 is 9.30 Å². The SMILES string of the molecule is CSCc1nc2ccccc2n1CC(=O)OCCN1C(=O)c2ccccc2C1=O. The zero-order valence-corrected chi connectivity index (χ0v) is 16.6. The van der Waals surface area contributed by atoms with Gasteiger partial charge in [-0.15, -0.1) is 0 Å². The number of esters is 1. The lowest BCUT2D eigenvalue weighted by molar-refractivity contribution is -0.144. The average Bonchev–Trinajstić information content (AvgIpc) is 3.19. The summed E-state index contributed by atoms with van der Waals surface area (Å²) in [6.07, 6.45) is 1.98. The first-order chi connectivity index (χ1) is 14.1. The summed E-state index contributed by atoms with van der Waals surface area (Å²) in [6, 6.07) is 14.3. The molecule has 7 nitrogen and oxygen atoms in total. The minimum atomic E-state index is -0.438. The Kier molecular flexibility index (Phi) is 5.35. The molecule has 0 saturated carbocycles. The van der Waals surface area contributed by atoms with Crippen LogP contribution in [0.4, 0.5) is 0 Å². The van der Waals surface area contributed by atoms with Crippen molar-refractivity contribution in [1.82, 2.24) is 14.5 Å². The number of carbonyl (C=O) groups is 3. The van der Waals surface area contributed by atoms with E-state index in [-0.39, 0.29) is 31.5 Å². The van der Waals surface area contributed by atoms with Crippen LogP contribution in [-0.2, 0) is 21.8 Å². The van der Waals surface area contributed by atoms with Crippen molar-refractivity contribution in [3.05, 3.63) is 65.5 Å². The number of aromatic nitrogens is 2. The van der Waals surface area contributed by atoms with E-state index in [9.17, 15) is 14.4 Å². The first kappa shape index (κ1) is 19.2. The molecule has 2 heterocycles. The lowest BCUT2D eigenvalue weighted by Gasteiger charge is -2.14. The van der Waals surface area contributed by atoms with Crippen molar-refractivity contribution < 1.29 is 19.1 Å². The summed E-state index contributed by atoms with van der Waals surface area (Å²) < 4.78 is 7.16. The van der Waals surface area contributed by atoms with Gasteiger partial charge in [0.2, 0.25) is 0 Å². The fourth-order valence-electron chi connectivity index (χ4n) is 3.41. The number of para-hydroxylation sites is 2. The molecular weight excluding hydrogens is 390 g/mol. The van der Waals surface area contributed by atoms with Crippen molar-refractivity contribution >= 4 is 40.6 Å². The minimum Gasteiger partial charge on any atom is -0.462 e. The molecule has 29 heavy (non-hydrogen) atoms. The quantitative estimate of drug-likeness (QED) is 0.441. The third-order valence-corrected chi connectivity index (χ3v) is 5.30. The van der Waals surface area contributed by atoms with Gasteiger partial charge in [0, 0.05) is 0 Å². The molecule has 4 rings (SSSR count). The van der Waals surface area contributed by atoms with E-state index in [1.165, 1.54) is 0 Å². The molecule has 0 bridgehead atoms. The second kappa shape index (κ2) is 8.08. The van der Waals surface area contributed by atoms with Gasteiger partial charge in [-0.25, -0.2) is 4.98 Å². The fraction of sp³-hybridized carbons (Fsp3) is 0.238. The van der Waals surface area contributed by atoms with Gasteiger partial charge in [-0.3, -0.25) is 19.3 Å². The Hall–Kier alpha value is -3.13. The zero-order chi connectivity index (χ0) is 20.4. The molecule has 2 amide bonds. The Morgan fingerprint density at radius 1 is 1.03 bits per heavy atom. The molecular formula is C21H19N3O4S. The van der Waals surface area contributed by atoms with Crippen LogP contribution in [0, 0.1) is 0 Å². The number of imidazole rings is 1. The number of carbonyl (C=O) groups excluding carboxylic acids is 3. The summed E-state index contributed by atoms with van der Waals surface area (Å²) in [6.45, 7) is 0.00769. The Morgan fingerprint density at radius 3 is 2.38 bits per heavy atom. The Morgan fingerprint density at radius 2 is 1.69 bits per heavy atom. The fourth-order valence-corrected chi connectivity index (χ4v) is 3.89. The highest BCUT2D eigenvalue weighted by atomic mass is 32.2. The molecule has 0 saturated heterocycles. The van der Waals surface area contributed by atoms with Gasteiger partial charge in [0.1, 0.15) is 19.0 Å². The zero-order valence-electron chi connectivity index (χ0n) is 15.8. The molecule has 2 aromatic carbocycles. The predicted molar refractivity (Wildman–Crippen MR) is 110 cm³/mol. The summed E-state index contributed by atoms with van der Waals surface area (Å²) in [7, 11) is 0. The highest BCUT2D eigenvalue weighted by Crippen LogP contribution is 2.22. The predicted octanol–water partition coefficient (Wildman–Crippen LogP) is 2.74. The summed E-state index contributed by atoms with van der Waals surface area (Å²) >= 11 is 1.62. The molecule has 148 valence electrons. The van der Waals surface area contributed by atoms with Gasteiger partial charge in [0.15, 0.2) is 0 Å². The van der Waals surface area contributed by atoms with E-state index in [2.05, 4.69) is 4.98 Å². The van der Waals surface area contributed by atoms with Crippen molar-refractivity contribution in [2.45, 2.75) is 12.3 Å². The number of rotatable bonds is 7. The number of amides is 2. The van der Waals surface area contributed by atoms with Crippen LogP contribution in [0.25, 0.3) is 11.0 Å². The van der Waals surface area contributed by atoms with E-state index in [4.69, 9.17) is 4.74 Å². The Bertz CT molecular complexity index is 1070. The van der Waals surface area contributed by atoms with E-state index in [0.29, 0.717) is 16.9 Å². The molecule has 1 aromatic heterocycles. The first-order valence-corrected chi connectivity index (χ1v) is 10.5. The lowest BCUT2D eigenvalue weighted by Crippen LogP contribution is -2.33. The largest absolute Gasteiger partial charge is 0.462 e. The van der Waals surface area contributed by atoms with Crippen LogP contribution in [0.1, 0.15) is 26.5 Å². The van der Waals surface area contributed by atoms with Crippen LogP contribution in [0.5, 0.6) is 0 Å². The lowest BCUT2D eigenvalue weighted by atomic mass is 10.1. The van der Waals surface area contributed by atoms with Gasteiger partial charge >= 0.3 is 5.97 Å². The molecule has 0 fully saturated rings. The Balaban J connectivity index is 1.39. The third-order valence-electron chi connectivity index (χ3n) is 4.75. The summed E-state index contributed by atoms with van der Waals surface area (Å²) in [5.41, 5.74) is 2.47. The van der Waals surface area contributed by atoms with Crippen molar-refractivity contribution in [2.75, 3.05) is 19.4 Å². The van der Waals surface area contributed by atoms with E-state index >= 15 is 0 Å². The molecule has 0 radical (unpaired) electrons. The molecule has 0 aliphatic carbocycles. The normalized spacial score (nSPS) is 13.2. The van der Waals surface area contributed by atoms with Crippen molar-refractivity contribution in [1.29, 1.82) is 0 Å². The minimum absolute atomic E-state index is 0.0263. The second-order valence-electron chi connectivity index (χ2n) is 6.56. The van der Waals surface area contributed by atoms with Gasteiger partial charge in [0.05, 0.1) is 34.5 Å². The number of fused-ring (bicyclic) bond motifs is 2. The maximum Gasteiger partial charge on any atom is 0.326 e. The van der Waals surface area contributed by atoms with Crippen molar-refractivity contribution in [3.8, 4) is 0 Å². The summed E-state index contributed by atoms with van der Waals surface area (Å²) in [4.78, 5) is 42.8. The first-order valence-electron chi connectivity index (χ1n) is 9.14. The van der Waals surface area contributed by atoms with E-state index < -0.39 is 5.97 Å². The number of benzene rings is 2. The molecule has 0 unspecified atom stereocenters. The number of hydrogen-bond acceptors (Lipinski definition) is 6. The van der Waals surface area contributed by atoms with Gasteiger partial charge in [0.25, 0.3) is 11.8 Å². The van der Waals surface area contributed by atoms with Gasteiger partial charge in [-0.1, -0.05) is 24.3 Å². The number of nitrogens with zero attached hydrogens (tertiary/aromatic N) is 3. The van der Waals surface area contributed by atoms with Crippen LogP contribution in [0.3, 0.4) is 0 Å². The molecule has 1 aliphatic rings. The standard InChI is InChI=1S/C21H19N3O4S/c1-29-13-18-22-16-8-4-5-9-17(16)24(18)12-19(25)28-11-10-23-20(26)14-6-2-3-7-15(14)21(23)27/h2-9H,10-13H2,1H3. The van der Waals surface area contributed by atoms with Gasteiger partial charge in [-0.2, -0.15) is 11.8 Å². The number of imide groups is 1. The highest BCUT2D eigenvalue weighted by molar-refractivity contribution is 7.97. The molecule has 0 atom stereocenters. The van der Waals surface area contributed by atoms with Gasteiger partial charge in [-0.05, 0) is 30.5 Å². The molecule has 3 aromatic rings. The van der Waals surface area contributed by atoms with Crippen LogP contribution in [0.2, 0.25) is 0 Å². The summed E-state index contributed by atoms with van der Waals surface area (Å²) in [5.74, 6) is 0.328. The Labute approximate surface area is 171 Å². The maximum absolute atomic E-state index is 12.4. The van der Waals surface area contributed by atoms with Crippen LogP contribution < -0.4 is 0 Å². The van der Waals surface area contributed by atoms with Crippen LogP contribution in [-0.4, -0.2) is 51.6 Å². The monoisotopic (exact) mass is 409 g/mol. The van der Waals surface area contributed by atoms with Crippen LogP contribution >= 0.6 is 11.8 Å². The number of ether oxygens (including phenoxy) is 1. The molecule has 1 aliphatic heterocycles. The number of thioether (sulfide) groups is 1. The van der Waals surface area contributed by atoms with E-state index in [1.807, 2.05) is 35.1 Å². The second-order valence-corrected chi connectivity index (χ2v) is 7.43. The topological polar surface area (TPSA) is 81.5 Å². The highest BCUT2D eigenvalue weighted by Gasteiger charge is 2.34. The van der Waals surface area contributed by atoms with Crippen molar-refractivity contribution in [2.24, 2.45) is 0 Å². The third kappa shape index (κ3) is 3.63. The smallest absolute Gasteiger partial charge is 0.326 e. The van der Waals surface area contributed by atoms with E-state index in [0.717, 1.165) is 21.8 Å². The maximum atomic E-state index is 12.4. The van der Waals surface area contributed by atoms with Crippen molar-refractivity contribution in [3.63, 3.8) is 0 Å². The molecule has 0 spiro atoms. The average molecular weight is 409 g/mol. The van der Waals surface area contributed by atoms with E-state index in [1.54, 1.807) is 36.0 Å². The molecule has 8 heteroatoms.